The Bertz CT molecular complexity index is 501. The lowest BCUT2D eigenvalue weighted by atomic mass is 9.86. The summed E-state index contributed by atoms with van der Waals surface area (Å²) in [6.45, 7) is 0. The van der Waals surface area contributed by atoms with Gasteiger partial charge < -0.3 is 4.90 Å². The highest BCUT2D eigenvalue weighted by atomic mass is 79.9. The van der Waals surface area contributed by atoms with Crippen molar-refractivity contribution >= 4 is 21.8 Å². The summed E-state index contributed by atoms with van der Waals surface area (Å²) in [5.41, 5.74) is 0.701. The zero-order valence-corrected chi connectivity index (χ0v) is 12.6. The van der Waals surface area contributed by atoms with Crippen molar-refractivity contribution in [1.29, 1.82) is 5.26 Å². The maximum atomic E-state index is 12.4. The van der Waals surface area contributed by atoms with E-state index in [4.69, 9.17) is 5.26 Å². The Hall–Kier alpha value is -1.34. The number of nitrogens with zero attached hydrogens (tertiary/aromatic N) is 2. The molecule has 1 amide bonds. The molecule has 0 saturated heterocycles. The molecule has 0 spiro atoms. The van der Waals surface area contributed by atoms with Gasteiger partial charge in [-0.3, -0.25) is 4.79 Å². The van der Waals surface area contributed by atoms with E-state index in [0.29, 0.717) is 5.56 Å². The van der Waals surface area contributed by atoms with E-state index in [9.17, 15) is 4.79 Å². The quantitative estimate of drug-likeness (QED) is 0.835. The Labute approximate surface area is 122 Å². The molecule has 0 atom stereocenters. The van der Waals surface area contributed by atoms with Crippen LogP contribution in [0.3, 0.4) is 0 Å². The number of carbonyl (C=O) groups is 1. The highest BCUT2D eigenvalue weighted by molar-refractivity contribution is 9.10. The smallest absolute Gasteiger partial charge is 0.254 e. The van der Waals surface area contributed by atoms with Crippen molar-refractivity contribution < 1.29 is 4.79 Å². The Kier molecular flexibility index (Phi) is 4.60. The lowest BCUT2D eigenvalue weighted by Crippen LogP contribution is -2.39. The van der Waals surface area contributed by atoms with Gasteiger partial charge in [0.1, 0.15) is 0 Å². The van der Waals surface area contributed by atoms with E-state index in [1.807, 2.05) is 36.2 Å². The van der Waals surface area contributed by atoms with Gasteiger partial charge in [0.2, 0.25) is 0 Å². The molecule has 2 rings (SSSR count). The second-order valence-electron chi connectivity index (χ2n) is 5.03. The first-order chi connectivity index (χ1) is 9.13. The second-order valence-corrected chi connectivity index (χ2v) is 5.88. The van der Waals surface area contributed by atoms with Crippen molar-refractivity contribution in [2.45, 2.75) is 31.7 Å². The van der Waals surface area contributed by atoms with Crippen LogP contribution in [0, 0.1) is 17.2 Å². The van der Waals surface area contributed by atoms with Crippen molar-refractivity contribution in [3.8, 4) is 6.07 Å². The molecular weight excluding hydrogens is 304 g/mol. The van der Waals surface area contributed by atoms with E-state index in [2.05, 4.69) is 22.0 Å². The summed E-state index contributed by atoms with van der Waals surface area (Å²) in [5, 5.41) is 8.90. The zero-order chi connectivity index (χ0) is 13.8. The van der Waals surface area contributed by atoms with Crippen molar-refractivity contribution in [1.82, 2.24) is 4.90 Å². The van der Waals surface area contributed by atoms with E-state index in [1.54, 1.807) is 0 Å². The number of nitriles is 1. The average molecular weight is 321 g/mol. The van der Waals surface area contributed by atoms with Gasteiger partial charge >= 0.3 is 0 Å². The molecule has 19 heavy (non-hydrogen) atoms. The van der Waals surface area contributed by atoms with Crippen LogP contribution in [0.1, 0.15) is 36.0 Å². The number of halogens is 1. The van der Waals surface area contributed by atoms with Crippen LogP contribution in [-0.2, 0) is 0 Å². The lowest BCUT2D eigenvalue weighted by Gasteiger charge is -2.33. The standard InChI is InChI=1S/C15H17BrN2O/c1-18(12-8-6-11(10-17)7-9-12)15(19)13-4-2-3-5-14(13)16/h2-5,11-12H,6-9H2,1H3. The largest absolute Gasteiger partial charge is 0.339 e. The summed E-state index contributed by atoms with van der Waals surface area (Å²) in [7, 11) is 1.86. The van der Waals surface area contributed by atoms with Crippen LogP contribution in [-0.4, -0.2) is 23.9 Å². The molecule has 0 aromatic heterocycles. The molecule has 0 radical (unpaired) electrons. The molecule has 100 valence electrons. The summed E-state index contributed by atoms with van der Waals surface area (Å²) in [6.07, 6.45) is 3.64. The average Bonchev–Trinajstić information content (AvgIpc) is 2.46. The van der Waals surface area contributed by atoms with Crippen LogP contribution in [0.2, 0.25) is 0 Å². The molecule has 0 unspecified atom stereocenters. The van der Waals surface area contributed by atoms with Gasteiger partial charge in [-0.15, -0.1) is 0 Å². The fourth-order valence-corrected chi connectivity index (χ4v) is 3.04. The van der Waals surface area contributed by atoms with Crippen LogP contribution in [0.4, 0.5) is 0 Å². The van der Waals surface area contributed by atoms with Gasteiger partial charge in [0.15, 0.2) is 0 Å². The third-order valence-corrected chi connectivity index (χ3v) is 4.54. The van der Waals surface area contributed by atoms with Crippen LogP contribution in [0.25, 0.3) is 0 Å². The molecule has 1 aliphatic carbocycles. The highest BCUT2D eigenvalue weighted by Crippen LogP contribution is 2.28. The van der Waals surface area contributed by atoms with Gasteiger partial charge in [-0.1, -0.05) is 12.1 Å². The molecule has 3 nitrogen and oxygen atoms in total. The molecule has 1 aromatic rings. The molecule has 0 heterocycles. The van der Waals surface area contributed by atoms with Gasteiger partial charge in [-0.2, -0.15) is 5.26 Å². The minimum atomic E-state index is 0.0490. The Morgan fingerprint density at radius 1 is 1.32 bits per heavy atom. The van der Waals surface area contributed by atoms with E-state index in [0.717, 1.165) is 30.2 Å². The van der Waals surface area contributed by atoms with Crippen molar-refractivity contribution in [2.24, 2.45) is 5.92 Å². The normalized spacial score (nSPS) is 22.6. The molecule has 1 fully saturated rings. The molecule has 1 aromatic carbocycles. The van der Waals surface area contributed by atoms with Crippen LogP contribution in [0.15, 0.2) is 28.7 Å². The van der Waals surface area contributed by atoms with Crippen molar-refractivity contribution in [3.63, 3.8) is 0 Å². The first-order valence-corrected chi connectivity index (χ1v) is 7.34. The zero-order valence-electron chi connectivity index (χ0n) is 11.0. The van der Waals surface area contributed by atoms with Crippen LogP contribution >= 0.6 is 15.9 Å². The molecule has 4 heteroatoms. The molecule has 1 saturated carbocycles. The number of hydrogen-bond acceptors (Lipinski definition) is 2. The maximum absolute atomic E-state index is 12.4. The maximum Gasteiger partial charge on any atom is 0.254 e. The predicted molar refractivity (Wildman–Crippen MR) is 77.6 cm³/mol. The van der Waals surface area contributed by atoms with E-state index >= 15 is 0 Å². The topological polar surface area (TPSA) is 44.1 Å². The third kappa shape index (κ3) is 3.16. The van der Waals surface area contributed by atoms with E-state index in [-0.39, 0.29) is 17.9 Å². The first kappa shape index (κ1) is 14.1. The van der Waals surface area contributed by atoms with Gasteiger partial charge in [-0.25, -0.2) is 0 Å². The first-order valence-electron chi connectivity index (χ1n) is 6.54. The fraction of sp³-hybridized carbons (Fsp3) is 0.467. The number of hydrogen-bond donors (Lipinski definition) is 0. The fourth-order valence-electron chi connectivity index (χ4n) is 2.58. The lowest BCUT2D eigenvalue weighted by molar-refractivity contribution is 0.0685. The van der Waals surface area contributed by atoms with Crippen molar-refractivity contribution in [2.75, 3.05) is 7.05 Å². The van der Waals surface area contributed by atoms with Gasteiger partial charge in [0, 0.05) is 23.5 Å². The summed E-state index contributed by atoms with van der Waals surface area (Å²) >= 11 is 3.42. The second kappa shape index (κ2) is 6.21. The monoisotopic (exact) mass is 320 g/mol. The van der Waals surface area contributed by atoms with E-state index < -0.39 is 0 Å². The molecule has 0 N–H and O–H groups in total. The van der Waals surface area contributed by atoms with E-state index in [1.165, 1.54) is 0 Å². The van der Waals surface area contributed by atoms with Gasteiger partial charge in [0.25, 0.3) is 5.91 Å². The molecular formula is C15H17BrN2O. The predicted octanol–water partition coefficient (Wildman–Crippen LogP) is 3.60. The number of amides is 1. The SMILES string of the molecule is CN(C(=O)c1ccccc1Br)C1CCC(C#N)CC1. The van der Waals surface area contributed by atoms with Gasteiger partial charge in [-0.05, 0) is 53.7 Å². The third-order valence-electron chi connectivity index (χ3n) is 3.85. The summed E-state index contributed by atoms with van der Waals surface area (Å²) < 4.78 is 0.831. The Balaban J connectivity index is 2.05. The van der Waals surface area contributed by atoms with Crippen LogP contribution in [0.5, 0.6) is 0 Å². The molecule has 0 bridgehead atoms. The molecule has 0 aliphatic heterocycles. The van der Waals surface area contributed by atoms with Crippen LogP contribution < -0.4 is 0 Å². The molecule has 1 aliphatic rings. The summed E-state index contributed by atoms with van der Waals surface area (Å²) in [6, 6.07) is 10.1. The number of benzene rings is 1. The minimum Gasteiger partial charge on any atom is -0.339 e. The van der Waals surface area contributed by atoms with Crippen molar-refractivity contribution in [3.05, 3.63) is 34.3 Å². The number of rotatable bonds is 2. The summed E-state index contributed by atoms with van der Waals surface area (Å²) in [5.74, 6) is 0.219. The number of carbonyl (C=O) groups excluding carboxylic acids is 1. The Morgan fingerprint density at radius 3 is 2.53 bits per heavy atom. The highest BCUT2D eigenvalue weighted by Gasteiger charge is 2.27. The van der Waals surface area contributed by atoms with Gasteiger partial charge in [0.05, 0.1) is 11.6 Å². The minimum absolute atomic E-state index is 0.0490. The Morgan fingerprint density at radius 2 is 1.95 bits per heavy atom. The summed E-state index contributed by atoms with van der Waals surface area (Å²) in [4.78, 5) is 14.3.